The Balaban J connectivity index is 1.53. The average molecular weight is 579 g/mol. The van der Waals surface area contributed by atoms with E-state index in [0.29, 0.717) is 12.1 Å². The van der Waals surface area contributed by atoms with Gasteiger partial charge in [0.15, 0.2) is 0 Å². The minimum Gasteiger partial charge on any atom is -0.399 e. The second kappa shape index (κ2) is 9.66. The van der Waals surface area contributed by atoms with Crippen LogP contribution in [-0.4, -0.2) is 16.1 Å². The van der Waals surface area contributed by atoms with Crippen LogP contribution in [0.5, 0.6) is 0 Å². The normalized spacial score (nSPS) is 18.3. The quantitative estimate of drug-likeness (QED) is 0.173. The Kier molecular flexibility index (Phi) is 7.04. The van der Waals surface area contributed by atoms with Gasteiger partial charge in [0.05, 0.1) is 27.8 Å². The number of benzene rings is 3. The number of carbonyl (C=O) groups is 2. The number of amides is 2. The molecule has 5 nitrogen and oxygen atoms in total. The minimum atomic E-state index is -4.95. The third-order valence-corrected chi connectivity index (χ3v) is 6.98. The lowest BCUT2D eigenvalue weighted by molar-refractivity contribution is -0.140. The predicted octanol–water partition coefficient (Wildman–Crippen LogP) is 7.00. The van der Waals surface area contributed by atoms with Crippen LogP contribution in [0.1, 0.15) is 27.4 Å². The smallest absolute Gasteiger partial charge is 0.399 e. The third kappa shape index (κ3) is 5.46. The van der Waals surface area contributed by atoms with Crippen LogP contribution in [0.2, 0.25) is 5.02 Å². The largest absolute Gasteiger partial charge is 0.419 e. The van der Waals surface area contributed by atoms with Gasteiger partial charge in [0.2, 0.25) is 5.91 Å². The van der Waals surface area contributed by atoms with Crippen molar-refractivity contribution in [2.75, 3.05) is 16.4 Å². The van der Waals surface area contributed by atoms with Crippen LogP contribution in [0.15, 0.2) is 54.6 Å². The summed E-state index contributed by atoms with van der Waals surface area (Å²) in [4.78, 5) is 25.6. The van der Waals surface area contributed by atoms with Crippen LogP contribution in [0.3, 0.4) is 0 Å². The van der Waals surface area contributed by atoms with Crippen molar-refractivity contribution in [3.63, 3.8) is 0 Å². The first-order valence-electron chi connectivity index (χ1n) is 10.4. The van der Waals surface area contributed by atoms with Gasteiger partial charge >= 0.3 is 6.18 Å². The Morgan fingerprint density at radius 1 is 0.919 bits per heavy atom. The molecule has 2 amide bonds. The van der Waals surface area contributed by atoms with Gasteiger partial charge in [0, 0.05) is 17.3 Å². The Morgan fingerprint density at radius 3 is 2.27 bits per heavy atom. The van der Waals surface area contributed by atoms with Crippen molar-refractivity contribution in [2.24, 2.45) is 5.92 Å². The maximum atomic E-state index is 14.0. The molecule has 0 unspecified atom stereocenters. The highest BCUT2D eigenvalue weighted by Crippen LogP contribution is 2.65. The van der Waals surface area contributed by atoms with Crippen molar-refractivity contribution in [1.29, 1.82) is 0 Å². The summed E-state index contributed by atoms with van der Waals surface area (Å²) in [6, 6.07) is 9.80. The zero-order valence-corrected chi connectivity index (χ0v) is 20.5. The highest BCUT2D eigenvalue weighted by molar-refractivity contribution is 6.53. The number of anilines is 3. The molecule has 0 aromatic heterocycles. The maximum Gasteiger partial charge on any atom is 0.419 e. The topological polar surface area (TPSA) is 84.2 Å². The monoisotopic (exact) mass is 577 g/mol. The lowest BCUT2D eigenvalue weighted by atomic mass is 10.0. The van der Waals surface area contributed by atoms with Crippen molar-refractivity contribution < 1.29 is 31.5 Å². The first kappa shape index (κ1) is 27.0. The molecular weight excluding hydrogens is 564 g/mol. The standard InChI is InChI=1S/C24H15Cl3F5N3O2/c25-15-4-3-12(9-13(15)21(36)35-18-6-2-11(33)8-17(18)29)34-22(37)20-19(23(20,26)27)10-1-5-16(28)14(7-10)24(30,31)32/h1-9,19-20H,33H2,(H,34,37)(H,35,36)/t19-,20+/m0/s1. The van der Waals surface area contributed by atoms with Crippen molar-refractivity contribution in [3.8, 4) is 0 Å². The van der Waals surface area contributed by atoms with E-state index in [4.69, 9.17) is 40.5 Å². The molecule has 194 valence electrons. The molecule has 1 aliphatic rings. The predicted molar refractivity (Wildman–Crippen MR) is 131 cm³/mol. The molecule has 1 aliphatic carbocycles. The number of alkyl halides is 5. The van der Waals surface area contributed by atoms with Crippen LogP contribution in [0.25, 0.3) is 0 Å². The van der Waals surface area contributed by atoms with Gasteiger partial charge in [-0.3, -0.25) is 9.59 Å². The Morgan fingerprint density at radius 2 is 1.62 bits per heavy atom. The number of halogens is 8. The molecule has 4 rings (SSSR count). The molecule has 2 atom stereocenters. The van der Waals surface area contributed by atoms with Crippen LogP contribution in [0, 0.1) is 17.6 Å². The molecule has 13 heteroatoms. The van der Waals surface area contributed by atoms with E-state index in [1.165, 1.54) is 30.3 Å². The first-order valence-corrected chi connectivity index (χ1v) is 11.5. The summed E-state index contributed by atoms with van der Waals surface area (Å²) >= 11 is 18.5. The van der Waals surface area contributed by atoms with E-state index in [-0.39, 0.29) is 33.2 Å². The fourth-order valence-corrected chi connectivity index (χ4v) is 4.87. The van der Waals surface area contributed by atoms with Gasteiger partial charge in [-0.1, -0.05) is 17.7 Å². The minimum absolute atomic E-state index is 0.00863. The second-order valence-electron chi connectivity index (χ2n) is 8.24. The van der Waals surface area contributed by atoms with E-state index >= 15 is 0 Å². The highest BCUT2D eigenvalue weighted by atomic mass is 35.5. The lowest BCUT2D eigenvalue weighted by Gasteiger charge is -2.11. The molecule has 0 saturated heterocycles. The molecule has 0 bridgehead atoms. The molecule has 3 aromatic rings. The third-order valence-electron chi connectivity index (χ3n) is 5.71. The molecule has 0 heterocycles. The molecule has 4 N–H and O–H groups in total. The summed E-state index contributed by atoms with van der Waals surface area (Å²) in [6.45, 7) is 0. The van der Waals surface area contributed by atoms with Gasteiger partial charge in [0.1, 0.15) is 16.0 Å². The number of hydrogen-bond donors (Lipinski definition) is 3. The second-order valence-corrected chi connectivity index (χ2v) is 10.1. The summed E-state index contributed by atoms with van der Waals surface area (Å²) < 4.78 is 65.3. The summed E-state index contributed by atoms with van der Waals surface area (Å²) in [5.41, 5.74) is 3.88. The van der Waals surface area contributed by atoms with E-state index in [0.717, 1.165) is 12.1 Å². The molecule has 3 aromatic carbocycles. The van der Waals surface area contributed by atoms with Crippen LogP contribution < -0.4 is 16.4 Å². The highest BCUT2D eigenvalue weighted by Gasteiger charge is 2.67. The van der Waals surface area contributed by atoms with Crippen LogP contribution >= 0.6 is 34.8 Å². The van der Waals surface area contributed by atoms with Crippen molar-refractivity contribution in [3.05, 3.63) is 87.9 Å². The first-order chi connectivity index (χ1) is 17.2. The Hall–Kier alpha value is -3.08. The summed E-state index contributed by atoms with van der Waals surface area (Å²) in [6.07, 6.45) is -4.95. The molecule has 1 fully saturated rings. The van der Waals surface area contributed by atoms with Crippen molar-refractivity contribution in [2.45, 2.75) is 16.4 Å². The van der Waals surface area contributed by atoms with Gasteiger partial charge in [-0.25, -0.2) is 8.78 Å². The van der Waals surface area contributed by atoms with E-state index in [1.807, 2.05) is 0 Å². The number of hydrogen-bond acceptors (Lipinski definition) is 3. The number of carbonyl (C=O) groups excluding carboxylic acids is 2. The van der Waals surface area contributed by atoms with Crippen molar-refractivity contribution in [1.82, 2.24) is 0 Å². The number of nitrogen functional groups attached to an aromatic ring is 1. The van der Waals surface area contributed by atoms with Gasteiger partial charge < -0.3 is 16.4 Å². The van der Waals surface area contributed by atoms with Gasteiger partial charge in [-0.2, -0.15) is 13.2 Å². The average Bonchev–Trinajstić information content (AvgIpc) is 3.38. The maximum absolute atomic E-state index is 14.0. The van der Waals surface area contributed by atoms with E-state index in [2.05, 4.69) is 10.6 Å². The Bertz CT molecular complexity index is 1410. The fraction of sp³-hybridized carbons (Fsp3) is 0.167. The number of rotatable bonds is 5. The van der Waals surface area contributed by atoms with E-state index in [9.17, 15) is 31.5 Å². The summed E-state index contributed by atoms with van der Waals surface area (Å²) in [7, 11) is 0. The van der Waals surface area contributed by atoms with E-state index < -0.39 is 51.4 Å². The van der Waals surface area contributed by atoms with Crippen molar-refractivity contribution >= 4 is 63.7 Å². The molecule has 1 saturated carbocycles. The van der Waals surface area contributed by atoms with E-state index in [1.54, 1.807) is 0 Å². The van der Waals surface area contributed by atoms with Gasteiger partial charge in [-0.15, -0.1) is 23.2 Å². The Labute approximate surface area is 221 Å². The van der Waals surface area contributed by atoms with Crippen LogP contribution in [0.4, 0.5) is 39.0 Å². The summed E-state index contributed by atoms with van der Waals surface area (Å²) in [5.74, 6) is -6.03. The zero-order valence-electron chi connectivity index (χ0n) is 18.3. The fourth-order valence-electron chi connectivity index (χ4n) is 3.84. The zero-order chi connectivity index (χ0) is 27.3. The lowest BCUT2D eigenvalue weighted by Crippen LogP contribution is -2.18. The molecule has 0 spiro atoms. The molecule has 0 radical (unpaired) electrons. The van der Waals surface area contributed by atoms with Gasteiger partial charge in [-0.05, 0) is 54.1 Å². The SMILES string of the molecule is Nc1ccc(NC(=O)c2cc(NC(=O)[C@H]3[C@H](c4ccc(F)c(C(F)(F)F)c4)C3(Cl)Cl)ccc2Cl)c(F)c1. The van der Waals surface area contributed by atoms with Crippen LogP contribution in [-0.2, 0) is 11.0 Å². The molecular formula is C24H15Cl3F5N3O2. The number of nitrogens with one attached hydrogen (secondary N) is 2. The summed E-state index contributed by atoms with van der Waals surface area (Å²) in [5, 5.41) is 4.82. The van der Waals surface area contributed by atoms with Gasteiger partial charge in [0.25, 0.3) is 5.91 Å². The molecule has 37 heavy (non-hydrogen) atoms. The number of nitrogens with two attached hydrogens (primary N) is 1. The molecule has 0 aliphatic heterocycles.